The molecule has 0 radical (unpaired) electrons. The Bertz CT molecular complexity index is 514. The van der Waals surface area contributed by atoms with Crippen LogP contribution in [0.1, 0.15) is 26.3 Å². The molecule has 20 heavy (non-hydrogen) atoms. The molecule has 0 saturated carbocycles. The molecule has 7 heteroatoms. The Morgan fingerprint density at radius 3 is 2.85 bits per heavy atom. The van der Waals surface area contributed by atoms with Gasteiger partial charge in [0.1, 0.15) is 18.8 Å². The number of ether oxygens (including phenoxy) is 3. The van der Waals surface area contributed by atoms with Gasteiger partial charge in [-0.05, 0) is 20.8 Å². The zero-order chi connectivity index (χ0) is 14.8. The van der Waals surface area contributed by atoms with Crippen molar-refractivity contribution in [3.63, 3.8) is 0 Å². The van der Waals surface area contributed by atoms with Crippen LogP contribution in [-0.4, -0.2) is 29.9 Å². The molecule has 6 nitrogen and oxygen atoms in total. The number of alkyl carbamates (subject to hydrolysis) is 1. The molecule has 0 unspecified atom stereocenters. The molecule has 1 N–H and O–H groups in total. The molecule has 0 saturated heterocycles. The Balaban J connectivity index is 2.08. The van der Waals surface area contributed by atoms with Gasteiger partial charge in [0, 0.05) is 5.56 Å². The van der Waals surface area contributed by atoms with Crippen LogP contribution in [0.3, 0.4) is 0 Å². The predicted molar refractivity (Wildman–Crippen MR) is 73.3 cm³/mol. The summed E-state index contributed by atoms with van der Waals surface area (Å²) >= 11 is 6.09. The maximum atomic E-state index is 11.6. The minimum Gasteiger partial charge on any atom is -0.484 e. The van der Waals surface area contributed by atoms with Crippen LogP contribution < -0.4 is 14.8 Å². The third-order valence-electron chi connectivity index (χ3n) is 2.43. The van der Waals surface area contributed by atoms with Gasteiger partial charge in [0.05, 0.1) is 17.8 Å². The molecule has 0 atom stereocenters. The summed E-state index contributed by atoms with van der Waals surface area (Å²) in [6.07, 6.45) is 0.956. The van der Waals surface area contributed by atoms with Crippen LogP contribution in [0, 0.1) is 0 Å². The molecular formula is C13H17ClN2O4. The second-order valence-corrected chi connectivity index (χ2v) is 5.68. The first-order chi connectivity index (χ1) is 9.37. The van der Waals surface area contributed by atoms with E-state index in [1.165, 1.54) is 6.20 Å². The van der Waals surface area contributed by atoms with Crippen molar-refractivity contribution >= 4 is 17.7 Å². The molecular weight excluding hydrogens is 284 g/mol. The number of carbonyl (C=O) groups excluding carboxylic acids is 1. The second-order valence-electron chi connectivity index (χ2n) is 5.27. The Morgan fingerprint density at radius 2 is 2.15 bits per heavy atom. The summed E-state index contributed by atoms with van der Waals surface area (Å²) in [4.78, 5) is 15.7. The summed E-state index contributed by atoms with van der Waals surface area (Å²) in [5, 5.41) is 3.05. The standard InChI is InChI=1S/C13H17ClN2O4/c1-13(2,3)20-12(17)16-6-8-9(14)7-15-11-10(8)18-4-5-19-11/h7H,4-6H2,1-3H3,(H,16,17). The van der Waals surface area contributed by atoms with Gasteiger partial charge in [0.25, 0.3) is 5.88 Å². The zero-order valence-corrected chi connectivity index (χ0v) is 12.4. The maximum absolute atomic E-state index is 11.6. The van der Waals surface area contributed by atoms with Crippen LogP contribution in [0.4, 0.5) is 4.79 Å². The number of carbonyl (C=O) groups is 1. The van der Waals surface area contributed by atoms with E-state index in [1.54, 1.807) is 20.8 Å². The summed E-state index contributed by atoms with van der Waals surface area (Å²) in [7, 11) is 0. The highest BCUT2D eigenvalue weighted by Gasteiger charge is 2.22. The minimum atomic E-state index is -0.550. The first-order valence-electron chi connectivity index (χ1n) is 6.26. The summed E-state index contributed by atoms with van der Waals surface area (Å²) < 4.78 is 16.0. The van der Waals surface area contributed by atoms with E-state index in [4.69, 9.17) is 25.8 Å². The molecule has 0 spiro atoms. The normalized spacial score (nSPS) is 13.8. The van der Waals surface area contributed by atoms with Crippen molar-refractivity contribution in [2.45, 2.75) is 32.9 Å². The van der Waals surface area contributed by atoms with Gasteiger partial charge in [0.15, 0.2) is 5.75 Å². The Morgan fingerprint density at radius 1 is 1.45 bits per heavy atom. The quantitative estimate of drug-likeness (QED) is 0.909. The highest BCUT2D eigenvalue weighted by Crippen LogP contribution is 2.35. The zero-order valence-electron chi connectivity index (χ0n) is 11.7. The number of halogens is 1. The molecule has 0 aromatic carbocycles. The van der Waals surface area contributed by atoms with Crippen molar-refractivity contribution in [2.75, 3.05) is 13.2 Å². The van der Waals surface area contributed by atoms with Crippen molar-refractivity contribution in [3.05, 3.63) is 16.8 Å². The summed E-state index contributed by atoms with van der Waals surface area (Å²) in [5.74, 6) is 0.862. The second kappa shape index (κ2) is 5.75. The van der Waals surface area contributed by atoms with E-state index in [-0.39, 0.29) is 6.54 Å². The lowest BCUT2D eigenvalue weighted by Gasteiger charge is -2.22. The summed E-state index contributed by atoms with van der Waals surface area (Å²) in [5.41, 5.74) is 0.0766. The van der Waals surface area contributed by atoms with Gasteiger partial charge in [-0.3, -0.25) is 0 Å². The van der Waals surface area contributed by atoms with Crippen molar-refractivity contribution in [1.29, 1.82) is 0 Å². The molecule has 0 fully saturated rings. The molecule has 0 bridgehead atoms. The van der Waals surface area contributed by atoms with E-state index in [2.05, 4.69) is 10.3 Å². The van der Waals surface area contributed by atoms with Crippen LogP contribution in [0.5, 0.6) is 11.6 Å². The summed E-state index contributed by atoms with van der Waals surface area (Å²) in [6, 6.07) is 0. The number of rotatable bonds is 2. The molecule has 1 amide bonds. The third kappa shape index (κ3) is 3.66. The van der Waals surface area contributed by atoms with Gasteiger partial charge in [-0.25, -0.2) is 9.78 Å². The Kier molecular flexibility index (Phi) is 4.23. The molecule has 1 aliphatic heterocycles. The largest absolute Gasteiger partial charge is 0.484 e. The van der Waals surface area contributed by atoms with Gasteiger partial charge in [-0.15, -0.1) is 0 Å². The molecule has 1 aromatic heterocycles. The lowest BCUT2D eigenvalue weighted by atomic mass is 10.2. The number of nitrogens with zero attached hydrogens (tertiary/aromatic N) is 1. The average molecular weight is 301 g/mol. The lowest BCUT2D eigenvalue weighted by molar-refractivity contribution is 0.0522. The van der Waals surface area contributed by atoms with Crippen LogP contribution in [-0.2, 0) is 11.3 Å². The first-order valence-corrected chi connectivity index (χ1v) is 6.64. The Labute approximate surface area is 122 Å². The third-order valence-corrected chi connectivity index (χ3v) is 2.75. The van der Waals surface area contributed by atoms with Crippen molar-refractivity contribution < 1.29 is 19.0 Å². The minimum absolute atomic E-state index is 0.182. The Hall–Kier alpha value is -1.69. The summed E-state index contributed by atoms with van der Waals surface area (Å²) in [6.45, 7) is 6.44. The number of hydrogen-bond donors (Lipinski definition) is 1. The SMILES string of the molecule is CC(C)(C)OC(=O)NCc1c(Cl)cnc2c1OCCO2. The predicted octanol–water partition coefficient (Wildman–Crippen LogP) is 2.53. The molecule has 0 aliphatic carbocycles. The van der Waals surface area contributed by atoms with Crippen molar-refractivity contribution in [2.24, 2.45) is 0 Å². The van der Waals surface area contributed by atoms with Crippen LogP contribution in [0.15, 0.2) is 6.20 Å². The van der Waals surface area contributed by atoms with Crippen molar-refractivity contribution in [3.8, 4) is 11.6 Å². The van der Waals surface area contributed by atoms with Gasteiger partial charge in [0.2, 0.25) is 0 Å². The first kappa shape index (κ1) is 14.7. The number of aromatic nitrogens is 1. The smallest absolute Gasteiger partial charge is 0.407 e. The highest BCUT2D eigenvalue weighted by molar-refractivity contribution is 6.31. The number of amides is 1. The highest BCUT2D eigenvalue weighted by atomic mass is 35.5. The van der Waals surface area contributed by atoms with Crippen molar-refractivity contribution in [1.82, 2.24) is 10.3 Å². The van der Waals surface area contributed by atoms with E-state index in [0.717, 1.165) is 0 Å². The molecule has 2 heterocycles. The fraction of sp³-hybridized carbons (Fsp3) is 0.538. The molecule has 110 valence electrons. The molecule has 2 rings (SSSR count). The van der Waals surface area contributed by atoms with E-state index in [9.17, 15) is 4.79 Å². The monoisotopic (exact) mass is 300 g/mol. The molecule has 1 aromatic rings. The number of fused-ring (bicyclic) bond motifs is 1. The van der Waals surface area contributed by atoms with E-state index in [0.29, 0.717) is 35.4 Å². The van der Waals surface area contributed by atoms with Gasteiger partial charge < -0.3 is 19.5 Å². The maximum Gasteiger partial charge on any atom is 0.407 e. The topological polar surface area (TPSA) is 69.7 Å². The fourth-order valence-corrected chi connectivity index (χ4v) is 1.86. The van der Waals surface area contributed by atoms with E-state index in [1.807, 2.05) is 0 Å². The average Bonchev–Trinajstić information content (AvgIpc) is 2.35. The van der Waals surface area contributed by atoms with E-state index >= 15 is 0 Å². The van der Waals surface area contributed by atoms with Crippen LogP contribution in [0.25, 0.3) is 0 Å². The fourth-order valence-electron chi connectivity index (χ4n) is 1.66. The number of hydrogen-bond acceptors (Lipinski definition) is 5. The van der Waals surface area contributed by atoms with Gasteiger partial charge in [-0.2, -0.15) is 0 Å². The van der Waals surface area contributed by atoms with Crippen LogP contribution in [0.2, 0.25) is 5.02 Å². The van der Waals surface area contributed by atoms with Gasteiger partial charge >= 0.3 is 6.09 Å². The molecule has 1 aliphatic rings. The van der Waals surface area contributed by atoms with E-state index < -0.39 is 11.7 Å². The number of nitrogens with one attached hydrogen (secondary N) is 1. The van der Waals surface area contributed by atoms with Crippen LogP contribution >= 0.6 is 11.6 Å². The number of pyridine rings is 1. The van der Waals surface area contributed by atoms with Gasteiger partial charge in [-0.1, -0.05) is 11.6 Å². The lowest BCUT2D eigenvalue weighted by Crippen LogP contribution is -2.32.